The third-order valence-electron chi connectivity index (χ3n) is 4.44. The van der Waals surface area contributed by atoms with Crippen LogP contribution in [0.3, 0.4) is 0 Å². The van der Waals surface area contributed by atoms with E-state index in [-0.39, 0.29) is 0 Å². The molecule has 2 atom stereocenters. The molecule has 0 spiro atoms. The van der Waals surface area contributed by atoms with E-state index in [4.69, 9.17) is 0 Å². The highest BCUT2D eigenvalue weighted by Gasteiger charge is 2.30. The van der Waals surface area contributed by atoms with E-state index in [0.717, 1.165) is 26.2 Å². The number of hydrogen-bond donors (Lipinski definition) is 0. The standard InChI is InChI=1S/C14H27N3O/c1-12-5-4-6-13(2)17(12)14(18)11-16-9-7-15(3)8-10-16/h12-13H,4-11H2,1-3H3/t12-,13-/m0/s1. The number of piperazine rings is 1. The van der Waals surface area contributed by atoms with Gasteiger partial charge >= 0.3 is 0 Å². The predicted octanol–water partition coefficient (Wildman–Crippen LogP) is 1.02. The Morgan fingerprint density at radius 3 is 2.17 bits per heavy atom. The van der Waals surface area contributed by atoms with Crippen LogP contribution in [-0.2, 0) is 4.79 Å². The quantitative estimate of drug-likeness (QED) is 0.735. The number of piperidine rings is 1. The van der Waals surface area contributed by atoms with Gasteiger partial charge in [0.1, 0.15) is 0 Å². The molecule has 2 aliphatic heterocycles. The van der Waals surface area contributed by atoms with Crippen molar-refractivity contribution >= 4 is 5.91 Å². The molecule has 0 saturated carbocycles. The van der Waals surface area contributed by atoms with Crippen LogP contribution in [0.4, 0.5) is 0 Å². The average molecular weight is 253 g/mol. The Morgan fingerprint density at radius 1 is 1.06 bits per heavy atom. The predicted molar refractivity (Wildman–Crippen MR) is 73.6 cm³/mol. The molecule has 4 nitrogen and oxygen atoms in total. The van der Waals surface area contributed by atoms with Crippen LogP contribution in [0.1, 0.15) is 33.1 Å². The molecule has 0 aliphatic carbocycles. The molecule has 0 aromatic carbocycles. The highest BCUT2D eigenvalue weighted by molar-refractivity contribution is 5.79. The Bertz CT molecular complexity index is 277. The normalized spacial score (nSPS) is 31.6. The summed E-state index contributed by atoms with van der Waals surface area (Å²) in [5.74, 6) is 0.333. The zero-order chi connectivity index (χ0) is 13.1. The van der Waals surface area contributed by atoms with E-state index < -0.39 is 0 Å². The van der Waals surface area contributed by atoms with Gasteiger partial charge in [-0.05, 0) is 40.2 Å². The van der Waals surface area contributed by atoms with Gasteiger partial charge in [0.25, 0.3) is 0 Å². The second-order valence-corrected chi connectivity index (χ2v) is 6.01. The molecule has 104 valence electrons. The Kier molecular flexibility index (Phi) is 4.62. The first-order chi connectivity index (χ1) is 8.58. The maximum absolute atomic E-state index is 12.4. The zero-order valence-corrected chi connectivity index (χ0v) is 12.1. The molecule has 0 aromatic heterocycles. The van der Waals surface area contributed by atoms with Crippen LogP contribution in [-0.4, -0.2) is 72.5 Å². The minimum Gasteiger partial charge on any atom is -0.336 e. The van der Waals surface area contributed by atoms with Crippen molar-refractivity contribution in [1.82, 2.24) is 14.7 Å². The number of carbonyl (C=O) groups excluding carboxylic acids is 1. The number of nitrogens with zero attached hydrogens (tertiary/aromatic N) is 3. The lowest BCUT2D eigenvalue weighted by atomic mass is 9.97. The van der Waals surface area contributed by atoms with Crippen molar-refractivity contribution in [1.29, 1.82) is 0 Å². The third kappa shape index (κ3) is 3.23. The highest BCUT2D eigenvalue weighted by atomic mass is 16.2. The Labute approximate surface area is 111 Å². The van der Waals surface area contributed by atoms with Gasteiger partial charge in [0, 0.05) is 38.3 Å². The van der Waals surface area contributed by atoms with Crippen molar-refractivity contribution in [3.05, 3.63) is 0 Å². The van der Waals surface area contributed by atoms with E-state index in [1.54, 1.807) is 0 Å². The zero-order valence-electron chi connectivity index (χ0n) is 12.1. The van der Waals surface area contributed by atoms with Crippen molar-refractivity contribution in [2.24, 2.45) is 0 Å². The van der Waals surface area contributed by atoms with Gasteiger partial charge in [0.2, 0.25) is 5.91 Å². The van der Waals surface area contributed by atoms with Crippen LogP contribution in [0.5, 0.6) is 0 Å². The van der Waals surface area contributed by atoms with Crippen LogP contribution in [0.15, 0.2) is 0 Å². The minimum atomic E-state index is 0.333. The Hall–Kier alpha value is -0.610. The van der Waals surface area contributed by atoms with Gasteiger partial charge in [0.15, 0.2) is 0 Å². The fourth-order valence-corrected chi connectivity index (χ4v) is 3.19. The van der Waals surface area contributed by atoms with E-state index in [9.17, 15) is 4.79 Å². The maximum atomic E-state index is 12.4. The number of likely N-dealkylation sites (tertiary alicyclic amines) is 1. The van der Waals surface area contributed by atoms with Gasteiger partial charge in [-0.3, -0.25) is 9.69 Å². The van der Waals surface area contributed by atoms with Crippen LogP contribution in [0, 0.1) is 0 Å². The molecule has 0 bridgehead atoms. The van der Waals surface area contributed by atoms with Crippen molar-refractivity contribution in [3.8, 4) is 0 Å². The summed E-state index contributed by atoms with van der Waals surface area (Å²) in [4.78, 5) is 19.2. The van der Waals surface area contributed by atoms with Gasteiger partial charge in [-0.25, -0.2) is 0 Å². The molecule has 2 saturated heterocycles. The van der Waals surface area contributed by atoms with E-state index in [1.165, 1.54) is 19.3 Å². The summed E-state index contributed by atoms with van der Waals surface area (Å²) in [6, 6.07) is 0.849. The van der Waals surface area contributed by atoms with Crippen LogP contribution < -0.4 is 0 Å². The number of carbonyl (C=O) groups is 1. The van der Waals surface area contributed by atoms with Gasteiger partial charge in [-0.15, -0.1) is 0 Å². The molecular formula is C14H27N3O. The first kappa shape index (κ1) is 13.8. The number of hydrogen-bond acceptors (Lipinski definition) is 3. The summed E-state index contributed by atoms with van der Waals surface area (Å²) in [5.41, 5.74) is 0. The average Bonchev–Trinajstić information content (AvgIpc) is 2.32. The highest BCUT2D eigenvalue weighted by Crippen LogP contribution is 2.22. The fraction of sp³-hybridized carbons (Fsp3) is 0.929. The topological polar surface area (TPSA) is 26.8 Å². The van der Waals surface area contributed by atoms with Gasteiger partial charge in [0.05, 0.1) is 6.54 Å². The SMILES string of the molecule is C[C@H]1CCC[C@H](C)N1C(=O)CN1CCN(C)CC1. The number of amides is 1. The summed E-state index contributed by atoms with van der Waals surface area (Å²) in [5, 5.41) is 0. The Morgan fingerprint density at radius 2 is 1.61 bits per heavy atom. The summed E-state index contributed by atoms with van der Waals surface area (Å²) >= 11 is 0. The first-order valence-electron chi connectivity index (χ1n) is 7.30. The monoisotopic (exact) mass is 253 g/mol. The third-order valence-corrected chi connectivity index (χ3v) is 4.44. The summed E-state index contributed by atoms with van der Waals surface area (Å²) in [6.45, 7) is 9.21. The minimum absolute atomic E-state index is 0.333. The summed E-state index contributed by atoms with van der Waals surface area (Å²) in [6.07, 6.45) is 3.60. The van der Waals surface area contributed by atoms with Crippen molar-refractivity contribution < 1.29 is 4.79 Å². The fourth-order valence-electron chi connectivity index (χ4n) is 3.19. The molecule has 0 radical (unpaired) electrons. The summed E-state index contributed by atoms with van der Waals surface area (Å²) in [7, 11) is 2.15. The molecule has 0 unspecified atom stereocenters. The molecule has 0 aromatic rings. The number of likely N-dealkylation sites (N-methyl/N-ethyl adjacent to an activating group) is 1. The molecule has 4 heteroatoms. The van der Waals surface area contributed by atoms with E-state index in [2.05, 4.69) is 35.6 Å². The molecular weight excluding hydrogens is 226 g/mol. The molecule has 0 N–H and O–H groups in total. The molecule has 2 fully saturated rings. The molecule has 2 heterocycles. The lowest BCUT2D eigenvalue weighted by Gasteiger charge is -2.41. The Balaban J connectivity index is 1.86. The van der Waals surface area contributed by atoms with Crippen molar-refractivity contribution in [2.75, 3.05) is 39.8 Å². The van der Waals surface area contributed by atoms with Gasteiger partial charge in [-0.2, -0.15) is 0 Å². The molecule has 1 amide bonds. The lowest BCUT2D eigenvalue weighted by Crippen LogP contribution is -2.53. The van der Waals surface area contributed by atoms with Gasteiger partial charge in [-0.1, -0.05) is 0 Å². The van der Waals surface area contributed by atoms with Crippen LogP contribution >= 0.6 is 0 Å². The smallest absolute Gasteiger partial charge is 0.237 e. The largest absolute Gasteiger partial charge is 0.336 e. The van der Waals surface area contributed by atoms with E-state index in [0.29, 0.717) is 24.5 Å². The van der Waals surface area contributed by atoms with E-state index >= 15 is 0 Å². The van der Waals surface area contributed by atoms with Crippen LogP contribution in [0.2, 0.25) is 0 Å². The van der Waals surface area contributed by atoms with Crippen molar-refractivity contribution in [2.45, 2.75) is 45.2 Å². The second-order valence-electron chi connectivity index (χ2n) is 6.01. The van der Waals surface area contributed by atoms with E-state index in [1.807, 2.05) is 0 Å². The second kappa shape index (κ2) is 6.02. The van der Waals surface area contributed by atoms with Gasteiger partial charge < -0.3 is 9.80 Å². The van der Waals surface area contributed by atoms with Crippen molar-refractivity contribution in [3.63, 3.8) is 0 Å². The summed E-state index contributed by atoms with van der Waals surface area (Å²) < 4.78 is 0. The first-order valence-corrected chi connectivity index (χ1v) is 7.30. The lowest BCUT2D eigenvalue weighted by molar-refractivity contribution is -0.138. The number of rotatable bonds is 2. The molecule has 2 aliphatic rings. The maximum Gasteiger partial charge on any atom is 0.237 e. The van der Waals surface area contributed by atoms with Crippen LogP contribution in [0.25, 0.3) is 0 Å². The molecule has 18 heavy (non-hydrogen) atoms. The molecule has 2 rings (SSSR count).